The minimum absolute atomic E-state index is 0.387. The Labute approximate surface area is 101 Å². The number of thiocarbonyl (C=S) groups is 1. The van der Waals surface area contributed by atoms with Crippen LogP contribution in [-0.2, 0) is 0 Å². The summed E-state index contributed by atoms with van der Waals surface area (Å²) in [6, 6.07) is 5.47. The van der Waals surface area contributed by atoms with Gasteiger partial charge < -0.3 is 11.1 Å². The molecule has 4 heteroatoms. The quantitative estimate of drug-likeness (QED) is 0.798. The number of hydrogen-bond acceptors (Lipinski definition) is 2. The molecular formula is C11H15ClN2S. The fourth-order valence-corrected chi connectivity index (χ4v) is 1.54. The fourth-order valence-electron chi connectivity index (χ4n) is 1.19. The predicted molar refractivity (Wildman–Crippen MR) is 70.7 cm³/mol. The Hall–Kier alpha value is -0.800. The molecule has 0 radical (unpaired) electrons. The Bertz CT molecular complexity index is 364. The summed E-state index contributed by atoms with van der Waals surface area (Å²) in [5.74, 6) is 0.558. The molecule has 0 heterocycles. The molecule has 0 aliphatic rings. The van der Waals surface area contributed by atoms with E-state index >= 15 is 0 Å². The van der Waals surface area contributed by atoms with Crippen LogP contribution in [0.5, 0.6) is 0 Å². The average molecular weight is 243 g/mol. The van der Waals surface area contributed by atoms with Gasteiger partial charge in [-0.3, -0.25) is 0 Å². The summed E-state index contributed by atoms with van der Waals surface area (Å²) in [4.78, 5) is 0.387. The Morgan fingerprint density at radius 2 is 2.20 bits per heavy atom. The maximum absolute atomic E-state index is 5.91. The van der Waals surface area contributed by atoms with Crippen molar-refractivity contribution in [3.63, 3.8) is 0 Å². The largest absolute Gasteiger partial charge is 0.389 e. The monoisotopic (exact) mass is 242 g/mol. The third-order valence-electron chi connectivity index (χ3n) is 1.95. The van der Waals surface area contributed by atoms with Crippen LogP contribution in [0.3, 0.4) is 0 Å². The van der Waals surface area contributed by atoms with E-state index in [2.05, 4.69) is 19.2 Å². The highest BCUT2D eigenvalue weighted by Gasteiger charge is 2.06. The van der Waals surface area contributed by atoms with Crippen molar-refractivity contribution in [2.45, 2.75) is 13.8 Å². The van der Waals surface area contributed by atoms with E-state index < -0.39 is 0 Å². The minimum Gasteiger partial charge on any atom is -0.389 e. The Balaban J connectivity index is 2.92. The number of anilines is 1. The number of rotatable bonds is 4. The van der Waals surface area contributed by atoms with Gasteiger partial charge in [-0.2, -0.15) is 0 Å². The molecule has 0 unspecified atom stereocenters. The van der Waals surface area contributed by atoms with Gasteiger partial charge in [-0.25, -0.2) is 0 Å². The smallest absolute Gasteiger partial charge is 0.106 e. The molecule has 0 amide bonds. The third kappa shape index (κ3) is 3.68. The summed E-state index contributed by atoms with van der Waals surface area (Å²) in [7, 11) is 0. The van der Waals surface area contributed by atoms with E-state index in [0.717, 1.165) is 17.8 Å². The lowest BCUT2D eigenvalue weighted by Gasteiger charge is -2.13. The van der Waals surface area contributed by atoms with E-state index in [-0.39, 0.29) is 0 Å². The molecule has 0 fully saturated rings. The average Bonchev–Trinajstić information content (AvgIpc) is 2.14. The molecular weight excluding hydrogens is 228 g/mol. The lowest BCUT2D eigenvalue weighted by Crippen LogP contribution is -2.15. The Kier molecular flexibility index (Phi) is 4.36. The van der Waals surface area contributed by atoms with Gasteiger partial charge >= 0.3 is 0 Å². The molecule has 0 spiro atoms. The van der Waals surface area contributed by atoms with Crippen molar-refractivity contribution in [2.75, 3.05) is 11.9 Å². The van der Waals surface area contributed by atoms with E-state index in [9.17, 15) is 0 Å². The highest BCUT2D eigenvalue weighted by molar-refractivity contribution is 7.80. The van der Waals surface area contributed by atoms with Crippen LogP contribution in [0, 0.1) is 5.92 Å². The summed E-state index contributed by atoms with van der Waals surface area (Å²) in [6.45, 7) is 5.14. The topological polar surface area (TPSA) is 38.0 Å². The number of hydrogen-bond donors (Lipinski definition) is 2. The standard InChI is InChI=1S/C11H15ClN2S/c1-7(2)6-14-10-5-8(12)3-4-9(10)11(13)15/h3-5,7,14H,6H2,1-2H3,(H2,13,15). The van der Waals surface area contributed by atoms with E-state index in [1.54, 1.807) is 6.07 Å². The van der Waals surface area contributed by atoms with Crippen molar-refractivity contribution < 1.29 is 0 Å². The summed E-state index contributed by atoms with van der Waals surface area (Å²) in [5, 5.41) is 3.96. The molecule has 1 aromatic carbocycles. The van der Waals surface area contributed by atoms with Gasteiger partial charge in [-0.15, -0.1) is 0 Å². The molecule has 15 heavy (non-hydrogen) atoms. The van der Waals surface area contributed by atoms with E-state index in [4.69, 9.17) is 29.6 Å². The van der Waals surface area contributed by atoms with Gasteiger partial charge in [0.05, 0.1) is 0 Å². The van der Waals surface area contributed by atoms with Gasteiger partial charge in [0.25, 0.3) is 0 Å². The van der Waals surface area contributed by atoms with Crippen LogP contribution in [0.4, 0.5) is 5.69 Å². The maximum Gasteiger partial charge on any atom is 0.106 e. The molecule has 1 aromatic rings. The first-order chi connectivity index (χ1) is 7.00. The summed E-state index contributed by atoms with van der Waals surface area (Å²) >= 11 is 10.9. The Morgan fingerprint density at radius 1 is 1.53 bits per heavy atom. The van der Waals surface area contributed by atoms with Crippen molar-refractivity contribution >= 4 is 34.5 Å². The molecule has 0 saturated carbocycles. The van der Waals surface area contributed by atoms with Crippen molar-refractivity contribution in [2.24, 2.45) is 11.7 Å². The lowest BCUT2D eigenvalue weighted by atomic mass is 10.1. The first-order valence-corrected chi connectivity index (χ1v) is 5.62. The summed E-state index contributed by atoms with van der Waals surface area (Å²) in [6.07, 6.45) is 0. The predicted octanol–water partition coefficient (Wildman–Crippen LogP) is 3.04. The zero-order valence-electron chi connectivity index (χ0n) is 8.88. The normalized spacial score (nSPS) is 10.4. The fraction of sp³-hybridized carbons (Fsp3) is 0.364. The van der Waals surface area contributed by atoms with Crippen LogP contribution in [0.1, 0.15) is 19.4 Å². The molecule has 0 bridgehead atoms. The molecule has 0 saturated heterocycles. The molecule has 0 aromatic heterocycles. The first-order valence-electron chi connectivity index (χ1n) is 4.84. The van der Waals surface area contributed by atoms with Crippen molar-refractivity contribution in [1.29, 1.82) is 0 Å². The second kappa shape index (κ2) is 5.33. The van der Waals surface area contributed by atoms with Crippen LogP contribution >= 0.6 is 23.8 Å². The number of nitrogens with one attached hydrogen (secondary N) is 1. The lowest BCUT2D eigenvalue weighted by molar-refractivity contribution is 0.689. The summed E-state index contributed by atoms with van der Waals surface area (Å²) in [5.41, 5.74) is 7.37. The van der Waals surface area contributed by atoms with Gasteiger partial charge in [0.2, 0.25) is 0 Å². The Morgan fingerprint density at radius 3 is 2.73 bits per heavy atom. The number of benzene rings is 1. The first kappa shape index (κ1) is 12.3. The highest BCUT2D eigenvalue weighted by atomic mass is 35.5. The molecule has 2 nitrogen and oxygen atoms in total. The molecule has 0 atom stereocenters. The molecule has 0 aliphatic carbocycles. The van der Waals surface area contributed by atoms with Crippen molar-refractivity contribution in [3.05, 3.63) is 28.8 Å². The SMILES string of the molecule is CC(C)CNc1cc(Cl)ccc1C(N)=S. The molecule has 82 valence electrons. The zero-order chi connectivity index (χ0) is 11.4. The minimum atomic E-state index is 0.387. The van der Waals surface area contributed by atoms with Crippen LogP contribution in [0.15, 0.2) is 18.2 Å². The highest BCUT2D eigenvalue weighted by Crippen LogP contribution is 2.21. The van der Waals surface area contributed by atoms with Crippen molar-refractivity contribution in [1.82, 2.24) is 0 Å². The second-order valence-corrected chi connectivity index (χ2v) is 4.71. The maximum atomic E-state index is 5.91. The third-order valence-corrected chi connectivity index (χ3v) is 2.40. The van der Waals surface area contributed by atoms with Gasteiger partial charge in [-0.1, -0.05) is 37.7 Å². The number of nitrogens with two attached hydrogens (primary N) is 1. The van der Waals surface area contributed by atoms with E-state index in [1.165, 1.54) is 0 Å². The van der Waals surface area contributed by atoms with Gasteiger partial charge in [-0.05, 0) is 24.1 Å². The number of halogens is 1. The van der Waals surface area contributed by atoms with Gasteiger partial charge in [0.1, 0.15) is 4.99 Å². The van der Waals surface area contributed by atoms with Gasteiger partial charge in [0, 0.05) is 22.8 Å². The van der Waals surface area contributed by atoms with Crippen LogP contribution in [0.2, 0.25) is 5.02 Å². The van der Waals surface area contributed by atoms with Crippen LogP contribution in [-0.4, -0.2) is 11.5 Å². The van der Waals surface area contributed by atoms with Crippen LogP contribution < -0.4 is 11.1 Å². The molecule has 1 rings (SSSR count). The zero-order valence-corrected chi connectivity index (χ0v) is 10.5. The van der Waals surface area contributed by atoms with Crippen molar-refractivity contribution in [3.8, 4) is 0 Å². The van der Waals surface area contributed by atoms with Gasteiger partial charge in [0.15, 0.2) is 0 Å². The summed E-state index contributed by atoms with van der Waals surface area (Å²) < 4.78 is 0. The van der Waals surface area contributed by atoms with E-state index in [1.807, 2.05) is 12.1 Å². The second-order valence-electron chi connectivity index (χ2n) is 3.83. The van der Waals surface area contributed by atoms with E-state index in [0.29, 0.717) is 15.9 Å². The molecule has 3 N–H and O–H groups in total. The van der Waals surface area contributed by atoms with Crippen LogP contribution in [0.25, 0.3) is 0 Å². The molecule has 0 aliphatic heterocycles.